The molecule has 116 valence electrons. The highest BCUT2D eigenvalue weighted by molar-refractivity contribution is 6.06. The first kappa shape index (κ1) is 16.8. The van der Waals surface area contributed by atoms with Crippen LogP contribution in [0.25, 0.3) is 0 Å². The molecule has 0 radical (unpaired) electrons. The molecule has 0 spiro atoms. The van der Waals surface area contributed by atoms with E-state index in [1.165, 1.54) is 0 Å². The van der Waals surface area contributed by atoms with Crippen LogP contribution < -0.4 is 11.1 Å². The summed E-state index contributed by atoms with van der Waals surface area (Å²) in [5, 5.41) is 15.3. The summed E-state index contributed by atoms with van der Waals surface area (Å²) in [6.07, 6.45) is 3.78. The van der Waals surface area contributed by atoms with E-state index in [1.807, 2.05) is 20.9 Å². The molecule has 0 saturated carbocycles. The van der Waals surface area contributed by atoms with Crippen LogP contribution >= 0.6 is 0 Å². The Morgan fingerprint density at radius 1 is 1.45 bits per heavy atom. The van der Waals surface area contributed by atoms with Gasteiger partial charge in [-0.1, -0.05) is 31.8 Å². The molecule has 0 aromatic heterocycles. The molecular weight excluding hydrogens is 256 g/mol. The van der Waals surface area contributed by atoms with Gasteiger partial charge in [-0.2, -0.15) is 0 Å². The van der Waals surface area contributed by atoms with Gasteiger partial charge in [-0.25, -0.2) is 0 Å². The molecule has 0 aromatic carbocycles. The van der Waals surface area contributed by atoms with Gasteiger partial charge in [0.05, 0.1) is 0 Å². The fourth-order valence-corrected chi connectivity index (χ4v) is 3.05. The number of hydrogen-bond acceptors (Lipinski definition) is 4. The van der Waals surface area contributed by atoms with Crippen LogP contribution in [0, 0.1) is 5.41 Å². The van der Waals surface area contributed by atoms with E-state index in [1.54, 1.807) is 0 Å². The summed E-state index contributed by atoms with van der Waals surface area (Å²) in [6.45, 7) is 5.86. The molecule has 6 heteroatoms. The molecule has 1 aliphatic rings. The molecule has 1 saturated heterocycles. The minimum atomic E-state index is -0.876. The van der Waals surface area contributed by atoms with Gasteiger partial charge in [-0.05, 0) is 32.9 Å². The highest BCUT2D eigenvalue weighted by Crippen LogP contribution is 2.31. The van der Waals surface area contributed by atoms with Crippen LogP contribution in [-0.2, 0) is 4.79 Å². The number of nitrogens with zero attached hydrogens (tertiary/aromatic N) is 2. The van der Waals surface area contributed by atoms with Crippen molar-refractivity contribution in [1.29, 1.82) is 0 Å². The molecule has 1 atom stereocenters. The Morgan fingerprint density at radius 2 is 2.05 bits per heavy atom. The fraction of sp³-hybridized carbons (Fsp3) is 0.857. The highest BCUT2D eigenvalue weighted by atomic mass is 16.4. The summed E-state index contributed by atoms with van der Waals surface area (Å²) in [5.74, 6) is -0.0677. The second kappa shape index (κ2) is 7.47. The van der Waals surface area contributed by atoms with E-state index in [2.05, 4.69) is 15.4 Å². The number of amides is 1. The van der Waals surface area contributed by atoms with Crippen molar-refractivity contribution in [2.45, 2.75) is 52.0 Å². The zero-order valence-electron chi connectivity index (χ0n) is 12.9. The minimum absolute atomic E-state index is 0.0325. The lowest BCUT2D eigenvalue weighted by molar-refractivity contribution is -0.129. The van der Waals surface area contributed by atoms with E-state index >= 15 is 0 Å². The summed E-state index contributed by atoms with van der Waals surface area (Å²) in [6, 6.07) is 0.159. The Balaban J connectivity index is 2.87. The molecule has 1 amide bonds. The molecule has 20 heavy (non-hydrogen) atoms. The predicted octanol–water partition coefficient (Wildman–Crippen LogP) is 1.14. The van der Waals surface area contributed by atoms with Crippen molar-refractivity contribution in [3.8, 4) is 0 Å². The lowest BCUT2D eigenvalue weighted by Crippen LogP contribution is -2.52. The van der Waals surface area contributed by atoms with Crippen molar-refractivity contribution >= 4 is 11.7 Å². The van der Waals surface area contributed by atoms with Gasteiger partial charge in [0.2, 0.25) is 5.91 Å². The van der Waals surface area contributed by atoms with Crippen LogP contribution in [0.1, 0.15) is 46.0 Å². The maximum absolute atomic E-state index is 12.7. The molecule has 1 rings (SSSR count). The van der Waals surface area contributed by atoms with Gasteiger partial charge in [-0.3, -0.25) is 4.79 Å². The van der Waals surface area contributed by atoms with Crippen molar-refractivity contribution in [1.82, 2.24) is 10.2 Å². The zero-order chi connectivity index (χ0) is 15.2. The molecule has 1 fully saturated rings. The summed E-state index contributed by atoms with van der Waals surface area (Å²) in [5.41, 5.74) is 4.98. The number of carbonyl (C=O) groups excluding carboxylic acids is 1. The van der Waals surface area contributed by atoms with E-state index in [4.69, 9.17) is 10.9 Å². The van der Waals surface area contributed by atoms with Gasteiger partial charge in [0.1, 0.15) is 5.41 Å². The first-order valence-corrected chi connectivity index (χ1v) is 7.47. The molecule has 0 aliphatic carbocycles. The number of amidine groups is 1. The van der Waals surface area contributed by atoms with Crippen LogP contribution in [0.3, 0.4) is 0 Å². The molecule has 0 bridgehead atoms. The predicted molar refractivity (Wildman–Crippen MR) is 79.7 cm³/mol. The number of likely N-dealkylation sites (tertiary alicyclic amines) is 1. The third kappa shape index (κ3) is 3.62. The number of carbonyl (C=O) groups is 1. The van der Waals surface area contributed by atoms with Crippen molar-refractivity contribution in [3.05, 3.63) is 0 Å². The lowest BCUT2D eigenvalue weighted by Gasteiger charge is -2.32. The van der Waals surface area contributed by atoms with Crippen molar-refractivity contribution in [2.75, 3.05) is 20.1 Å². The maximum atomic E-state index is 12.7. The van der Waals surface area contributed by atoms with Crippen LogP contribution in [-0.4, -0.2) is 48.0 Å². The summed E-state index contributed by atoms with van der Waals surface area (Å²) >= 11 is 0. The number of nitrogens with two attached hydrogens (primary N) is 1. The van der Waals surface area contributed by atoms with Crippen LogP contribution in [0.4, 0.5) is 0 Å². The van der Waals surface area contributed by atoms with E-state index in [0.29, 0.717) is 12.8 Å². The van der Waals surface area contributed by atoms with E-state index in [9.17, 15) is 4.79 Å². The van der Waals surface area contributed by atoms with E-state index < -0.39 is 5.41 Å². The van der Waals surface area contributed by atoms with Gasteiger partial charge >= 0.3 is 0 Å². The number of nitrogens with one attached hydrogen (secondary N) is 1. The smallest absolute Gasteiger partial charge is 0.234 e. The van der Waals surface area contributed by atoms with E-state index in [-0.39, 0.29) is 17.8 Å². The largest absolute Gasteiger partial charge is 0.409 e. The average Bonchev–Trinajstić information content (AvgIpc) is 2.82. The molecule has 6 nitrogen and oxygen atoms in total. The highest BCUT2D eigenvalue weighted by Gasteiger charge is 2.42. The standard InChI is InChI=1S/C14H28N4O2/c1-4-7-14(8-5-2,12(15)17-20)13(19)16-11-6-9-18(3)10-11/h11,20H,4-10H2,1-3H3,(H2,15,17)(H,16,19). The Morgan fingerprint density at radius 3 is 2.45 bits per heavy atom. The SMILES string of the molecule is CCCC(CCC)(C(=O)NC1CCN(C)C1)C(N)=NO. The van der Waals surface area contributed by atoms with E-state index in [0.717, 1.165) is 32.4 Å². The molecule has 1 unspecified atom stereocenters. The third-order valence-corrected chi connectivity index (χ3v) is 4.11. The summed E-state index contributed by atoms with van der Waals surface area (Å²) < 4.78 is 0. The molecule has 1 heterocycles. The Labute approximate surface area is 121 Å². The molecule has 1 aliphatic heterocycles. The normalized spacial score (nSPS) is 21.1. The molecule has 0 aromatic rings. The quantitative estimate of drug-likeness (QED) is 0.283. The number of likely N-dealkylation sites (N-methyl/N-ethyl adjacent to an activating group) is 1. The van der Waals surface area contributed by atoms with Crippen molar-refractivity contribution in [2.24, 2.45) is 16.3 Å². The summed E-state index contributed by atoms with van der Waals surface area (Å²) in [7, 11) is 2.04. The fourth-order valence-electron chi connectivity index (χ4n) is 3.05. The van der Waals surface area contributed by atoms with Gasteiger partial charge in [0, 0.05) is 12.6 Å². The molecule has 4 N–H and O–H groups in total. The van der Waals surface area contributed by atoms with Crippen LogP contribution in [0.5, 0.6) is 0 Å². The average molecular weight is 284 g/mol. The Bertz CT molecular complexity index is 351. The van der Waals surface area contributed by atoms with Gasteiger partial charge in [-0.15, -0.1) is 0 Å². The van der Waals surface area contributed by atoms with Gasteiger partial charge in [0.15, 0.2) is 5.84 Å². The molecular formula is C14H28N4O2. The summed E-state index contributed by atoms with van der Waals surface area (Å²) in [4.78, 5) is 14.9. The maximum Gasteiger partial charge on any atom is 0.234 e. The van der Waals surface area contributed by atoms with Crippen LogP contribution in [0.2, 0.25) is 0 Å². The zero-order valence-corrected chi connectivity index (χ0v) is 12.9. The first-order chi connectivity index (χ1) is 9.50. The van der Waals surface area contributed by atoms with Crippen molar-refractivity contribution in [3.63, 3.8) is 0 Å². The lowest BCUT2D eigenvalue weighted by atomic mass is 9.77. The van der Waals surface area contributed by atoms with Crippen molar-refractivity contribution < 1.29 is 10.0 Å². The second-order valence-corrected chi connectivity index (χ2v) is 5.79. The van der Waals surface area contributed by atoms with Gasteiger partial charge in [0.25, 0.3) is 0 Å². The number of hydrogen-bond donors (Lipinski definition) is 3. The minimum Gasteiger partial charge on any atom is -0.409 e. The second-order valence-electron chi connectivity index (χ2n) is 5.79. The number of oxime groups is 1. The first-order valence-electron chi connectivity index (χ1n) is 7.47. The number of rotatable bonds is 7. The van der Waals surface area contributed by atoms with Gasteiger partial charge < -0.3 is 21.2 Å². The third-order valence-electron chi connectivity index (χ3n) is 4.11. The Hall–Kier alpha value is -1.30. The monoisotopic (exact) mass is 284 g/mol. The Kier molecular flexibility index (Phi) is 6.26. The van der Waals surface area contributed by atoms with Crippen LogP contribution in [0.15, 0.2) is 5.16 Å². The topological polar surface area (TPSA) is 91.0 Å².